The number of nitrogens with one attached hydrogen (secondary N) is 1. The molecule has 24 heavy (non-hydrogen) atoms. The van der Waals surface area contributed by atoms with Gasteiger partial charge in [0, 0.05) is 23.8 Å². The Morgan fingerprint density at radius 3 is 2.79 bits per heavy atom. The predicted molar refractivity (Wildman–Crippen MR) is 96.8 cm³/mol. The van der Waals surface area contributed by atoms with Crippen LogP contribution in [0.2, 0.25) is 0 Å². The Bertz CT molecular complexity index is 720. The summed E-state index contributed by atoms with van der Waals surface area (Å²) in [4.78, 5) is 17.3. The van der Waals surface area contributed by atoms with Gasteiger partial charge in [-0.1, -0.05) is 61.4 Å². The van der Waals surface area contributed by atoms with E-state index >= 15 is 0 Å². The molecule has 0 saturated heterocycles. The Morgan fingerprint density at radius 2 is 2.00 bits per heavy atom. The van der Waals surface area contributed by atoms with Crippen LogP contribution in [0.4, 0.5) is 0 Å². The number of aromatic nitrogens is 2. The predicted octanol–water partition coefficient (Wildman–Crippen LogP) is 3.85. The van der Waals surface area contributed by atoms with E-state index in [1.165, 1.54) is 19.3 Å². The maximum Gasteiger partial charge on any atom is 0.223 e. The maximum atomic E-state index is 12.5. The van der Waals surface area contributed by atoms with E-state index in [0.717, 1.165) is 47.2 Å². The second-order valence-electron chi connectivity index (χ2n) is 6.61. The van der Waals surface area contributed by atoms with Gasteiger partial charge in [0.15, 0.2) is 5.16 Å². The monoisotopic (exact) mass is 341 g/mol. The Balaban J connectivity index is 1.55. The van der Waals surface area contributed by atoms with Crippen molar-refractivity contribution >= 4 is 17.7 Å². The first-order chi connectivity index (χ1) is 11.8. The molecule has 1 fully saturated rings. The number of imidazole rings is 1. The quantitative estimate of drug-likeness (QED) is 0.919. The topological polar surface area (TPSA) is 46.9 Å². The lowest BCUT2D eigenvalue weighted by molar-refractivity contribution is -0.126. The summed E-state index contributed by atoms with van der Waals surface area (Å²) in [5, 5.41) is 4.27. The highest BCUT2D eigenvalue weighted by Gasteiger charge is 2.25. The third-order valence-electron chi connectivity index (χ3n) is 5.04. The van der Waals surface area contributed by atoms with Gasteiger partial charge >= 0.3 is 0 Å². The minimum absolute atomic E-state index is 0.203. The second-order valence-corrected chi connectivity index (χ2v) is 7.67. The van der Waals surface area contributed by atoms with Crippen LogP contribution in [0.5, 0.6) is 0 Å². The van der Waals surface area contributed by atoms with Gasteiger partial charge < -0.3 is 9.88 Å². The average molecular weight is 341 g/mol. The number of thioether (sulfide) groups is 1. The molecular weight excluding hydrogens is 318 g/mol. The van der Waals surface area contributed by atoms with Gasteiger partial charge in [-0.15, -0.1) is 0 Å². The van der Waals surface area contributed by atoms with Gasteiger partial charge in [0.2, 0.25) is 5.91 Å². The number of hydrogen-bond acceptors (Lipinski definition) is 3. The largest absolute Gasteiger partial charge is 0.350 e. The molecule has 2 aliphatic rings. The molecule has 0 unspecified atom stereocenters. The highest BCUT2D eigenvalue weighted by atomic mass is 32.2. The molecule has 126 valence electrons. The van der Waals surface area contributed by atoms with Gasteiger partial charge in [0.25, 0.3) is 0 Å². The fourth-order valence-corrected chi connectivity index (χ4v) is 4.69. The number of amides is 1. The maximum absolute atomic E-state index is 12.5. The molecule has 2 aromatic rings. The zero-order valence-corrected chi connectivity index (χ0v) is 14.6. The van der Waals surface area contributed by atoms with Crippen LogP contribution < -0.4 is 5.32 Å². The first-order valence-electron chi connectivity index (χ1n) is 8.88. The lowest BCUT2D eigenvalue weighted by Gasteiger charge is -2.21. The minimum Gasteiger partial charge on any atom is -0.350 e. The van der Waals surface area contributed by atoms with E-state index in [9.17, 15) is 4.79 Å². The number of carbonyl (C=O) groups excluding carboxylic acids is 1. The zero-order valence-electron chi connectivity index (χ0n) is 13.8. The SMILES string of the molecule is O=C(NCc1c(-c2ccccc2)nc2n1CCS2)C1CCCCC1. The molecule has 1 aromatic carbocycles. The average Bonchev–Trinajstić information content (AvgIpc) is 3.22. The molecule has 4 rings (SSSR count). The molecule has 0 radical (unpaired) electrons. The van der Waals surface area contributed by atoms with Gasteiger partial charge in [0.1, 0.15) is 0 Å². The molecule has 0 bridgehead atoms. The molecule has 4 nitrogen and oxygen atoms in total. The van der Waals surface area contributed by atoms with Crippen molar-refractivity contribution in [3.63, 3.8) is 0 Å². The fourth-order valence-electron chi connectivity index (χ4n) is 3.72. The number of carbonyl (C=O) groups is 1. The van der Waals surface area contributed by atoms with E-state index < -0.39 is 0 Å². The number of hydrogen-bond donors (Lipinski definition) is 1. The normalized spacial score (nSPS) is 17.7. The molecule has 1 amide bonds. The highest BCUT2D eigenvalue weighted by molar-refractivity contribution is 7.99. The molecule has 0 spiro atoms. The number of fused-ring (bicyclic) bond motifs is 1. The molecule has 1 aromatic heterocycles. The van der Waals surface area contributed by atoms with Crippen LogP contribution in [0.25, 0.3) is 11.3 Å². The van der Waals surface area contributed by atoms with Crippen molar-refractivity contribution in [3.05, 3.63) is 36.0 Å². The fraction of sp³-hybridized carbons (Fsp3) is 0.474. The molecule has 1 saturated carbocycles. The van der Waals surface area contributed by atoms with Crippen LogP contribution in [0.1, 0.15) is 37.8 Å². The van der Waals surface area contributed by atoms with Crippen molar-refractivity contribution < 1.29 is 4.79 Å². The summed E-state index contributed by atoms with van der Waals surface area (Å²) in [6, 6.07) is 10.3. The van der Waals surface area contributed by atoms with Gasteiger partial charge in [0.05, 0.1) is 17.9 Å². The Morgan fingerprint density at radius 1 is 1.21 bits per heavy atom. The van der Waals surface area contributed by atoms with Crippen LogP contribution in [0.15, 0.2) is 35.5 Å². The van der Waals surface area contributed by atoms with Crippen molar-refractivity contribution in [1.29, 1.82) is 0 Å². The molecule has 1 aliphatic heterocycles. The Labute approximate surface area is 147 Å². The molecule has 1 aliphatic carbocycles. The molecule has 0 atom stereocenters. The Hall–Kier alpha value is -1.75. The Kier molecular flexibility index (Phi) is 4.60. The van der Waals surface area contributed by atoms with Gasteiger partial charge in [-0.2, -0.15) is 0 Å². The summed E-state index contributed by atoms with van der Waals surface area (Å²) in [5.74, 6) is 1.49. The van der Waals surface area contributed by atoms with Crippen molar-refractivity contribution in [2.45, 2.75) is 50.4 Å². The second kappa shape index (κ2) is 7.01. The van der Waals surface area contributed by atoms with Crippen LogP contribution in [0, 0.1) is 5.92 Å². The van der Waals surface area contributed by atoms with Crippen molar-refractivity contribution in [2.75, 3.05) is 5.75 Å². The smallest absolute Gasteiger partial charge is 0.223 e. The van der Waals surface area contributed by atoms with E-state index in [1.807, 2.05) is 18.2 Å². The summed E-state index contributed by atoms with van der Waals surface area (Å²) in [5.41, 5.74) is 3.29. The summed E-state index contributed by atoms with van der Waals surface area (Å²) >= 11 is 1.80. The number of benzene rings is 1. The van der Waals surface area contributed by atoms with Gasteiger partial charge in [-0.25, -0.2) is 4.98 Å². The van der Waals surface area contributed by atoms with E-state index in [4.69, 9.17) is 4.98 Å². The number of nitrogens with zero attached hydrogens (tertiary/aromatic N) is 2. The van der Waals surface area contributed by atoms with E-state index in [-0.39, 0.29) is 11.8 Å². The third-order valence-corrected chi connectivity index (χ3v) is 5.99. The van der Waals surface area contributed by atoms with E-state index in [2.05, 4.69) is 22.0 Å². The van der Waals surface area contributed by atoms with Crippen molar-refractivity contribution in [3.8, 4) is 11.3 Å². The van der Waals surface area contributed by atoms with E-state index in [0.29, 0.717) is 6.54 Å². The highest BCUT2D eigenvalue weighted by Crippen LogP contribution is 2.33. The van der Waals surface area contributed by atoms with Crippen LogP contribution in [-0.2, 0) is 17.9 Å². The van der Waals surface area contributed by atoms with Crippen LogP contribution >= 0.6 is 11.8 Å². The van der Waals surface area contributed by atoms with Gasteiger partial charge in [-0.05, 0) is 12.8 Å². The first kappa shape index (κ1) is 15.8. The lowest BCUT2D eigenvalue weighted by Crippen LogP contribution is -2.32. The lowest BCUT2D eigenvalue weighted by atomic mass is 9.88. The van der Waals surface area contributed by atoms with E-state index in [1.54, 1.807) is 11.8 Å². The molecular formula is C19H23N3OS. The number of rotatable bonds is 4. The van der Waals surface area contributed by atoms with Crippen molar-refractivity contribution in [2.24, 2.45) is 5.92 Å². The standard InChI is InChI=1S/C19H23N3OS/c23-18(15-9-5-2-6-10-15)20-13-16-17(14-7-3-1-4-8-14)21-19-22(16)11-12-24-19/h1,3-4,7-8,15H,2,5-6,9-13H2,(H,20,23). The van der Waals surface area contributed by atoms with Crippen LogP contribution in [-0.4, -0.2) is 21.2 Å². The van der Waals surface area contributed by atoms with Crippen molar-refractivity contribution in [1.82, 2.24) is 14.9 Å². The molecule has 2 heterocycles. The first-order valence-corrected chi connectivity index (χ1v) is 9.87. The molecule has 1 N–H and O–H groups in total. The summed E-state index contributed by atoms with van der Waals surface area (Å²) < 4.78 is 2.27. The molecule has 5 heteroatoms. The summed E-state index contributed by atoms with van der Waals surface area (Å²) in [7, 11) is 0. The third kappa shape index (κ3) is 3.09. The minimum atomic E-state index is 0.203. The summed E-state index contributed by atoms with van der Waals surface area (Å²) in [6.07, 6.45) is 5.73. The van der Waals surface area contributed by atoms with Crippen LogP contribution in [0.3, 0.4) is 0 Å². The summed E-state index contributed by atoms with van der Waals surface area (Å²) in [6.45, 7) is 1.56. The zero-order chi connectivity index (χ0) is 16.4. The van der Waals surface area contributed by atoms with Gasteiger partial charge in [-0.3, -0.25) is 4.79 Å².